The summed E-state index contributed by atoms with van der Waals surface area (Å²) in [5, 5.41) is 4.10. The number of hydrogen-bond donors (Lipinski definition) is 1. The smallest absolute Gasteiger partial charge is 0.262 e. The van der Waals surface area contributed by atoms with E-state index in [2.05, 4.69) is 22.3 Å². The van der Waals surface area contributed by atoms with Crippen LogP contribution in [0, 0.1) is 0 Å². The Labute approximate surface area is 210 Å². The van der Waals surface area contributed by atoms with Crippen molar-refractivity contribution in [3.63, 3.8) is 0 Å². The Bertz CT molecular complexity index is 1190. The van der Waals surface area contributed by atoms with Gasteiger partial charge >= 0.3 is 0 Å². The number of aromatic nitrogens is 2. The van der Waals surface area contributed by atoms with E-state index in [4.69, 9.17) is 9.72 Å². The molecule has 2 heterocycles. The zero-order valence-corrected chi connectivity index (χ0v) is 21.4. The van der Waals surface area contributed by atoms with Crippen LogP contribution in [0.4, 0.5) is 11.4 Å². The molecule has 0 saturated carbocycles. The van der Waals surface area contributed by atoms with E-state index < -0.39 is 0 Å². The molecule has 7 nitrogen and oxygen atoms in total. The van der Waals surface area contributed by atoms with Crippen molar-refractivity contribution in [2.45, 2.75) is 57.3 Å². The quantitative estimate of drug-likeness (QED) is 0.245. The van der Waals surface area contributed by atoms with E-state index in [1.807, 2.05) is 44.2 Å². The Balaban J connectivity index is 1.41. The molecular weight excluding hydrogens is 460 g/mol. The maximum Gasteiger partial charge on any atom is 0.262 e. The first-order valence-electron chi connectivity index (χ1n) is 12.4. The number of hydrogen-bond acceptors (Lipinski definition) is 6. The second kappa shape index (κ2) is 12.2. The highest BCUT2D eigenvalue weighted by molar-refractivity contribution is 7.99. The van der Waals surface area contributed by atoms with Crippen LogP contribution in [-0.2, 0) is 16.1 Å². The van der Waals surface area contributed by atoms with Crippen LogP contribution in [0.3, 0.4) is 0 Å². The minimum atomic E-state index is -0.127. The molecule has 0 aliphatic carbocycles. The second-order valence-electron chi connectivity index (χ2n) is 9.07. The summed E-state index contributed by atoms with van der Waals surface area (Å²) in [5.41, 5.74) is 2.52. The lowest BCUT2D eigenvalue weighted by atomic mass is 10.1. The number of rotatable bonds is 10. The molecule has 1 saturated heterocycles. The van der Waals surface area contributed by atoms with Crippen molar-refractivity contribution in [1.82, 2.24) is 9.55 Å². The fraction of sp³-hybridized carbons (Fsp3) is 0.444. The van der Waals surface area contributed by atoms with E-state index in [0.717, 1.165) is 18.8 Å². The van der Waals surface area contributed by atoms with Crippen molar-refractivity contribution < 1.29 is 9.53 Å². The van der Waals surface area contributed by atoms with Gasteiger partial charge in [-0.25, -0.2) is 4.98 Å². The molecule has 0 radical (unpaired) electrons. The van der Waals surface area contributed by atoms with E-state index in [9.17, 15) is 9.59 Å². The summed E-state index contributed by atoms with van der Waals surface area (Å²) in [4.78, 5) is 32.9. The molecule has 1 amide bonds. The van der Waals surface area contributed by atoms with Gasteiger partial charge in [-0.05, 0) is 75.9 Å². The molecular formula is C27H34N4O3S. The van der Waals surface area contributed by atoms with Crippen LogP contribution in [0.1, 0.15) is 39.5 Å². The average molecular weight is 495 g/mol. The first-order valence-corrected chi connectivity index (χ1v) is 13.4. The zero-order chi connectivity index (χ0) is 24.6. The van der Waals surface area contributed by atoms with E-state index in [1.165, 1.54) is 36.7 Å². The van der Waals surface area contributed by atoms with Crippen LogP contribution in [0.25, 0.3) is 10.9 Å². The Morgan fingerprint density at radius 1 is 1.09 bits per heavy atom. The van der Waals surface area contributed by atoms with Gasteiger partial charge in [0.05, 0.1) is 22.8 Å². The molecule has 1 N–H and O–H groups in total. The lowest BCUT2D eigenvalue weighted by Crippen LogP contribution is -2.29. The average Bonchev–Trinajstić information content (AvgIpc) is 2.87. The maximum absolute atomic E-state index is 13.1. The molecule has 1 aromatic heterocycles. The Hall–Kier alpha value is -2.84. The molecule has 1 aliphatic rings. The highest BCUT2D eigenvalue weighted by Gasteiger charge is 2.14. The van der Waals surface area contributed by atoms with Gasteiger partial charge in [-0.2, -0.15) is 0 Å². The molecule has 0 unspecified atom stereocenters. The first-order chi connectivity index (χ1) is 17.0. The monoisotopic (exact) mass is 494 g/mol. The molecule has 4 rings (SSSR count). The summed E-state index contributed by atoms with van der Waals surface area (Å²) < 4.78 is 7.30. The van der Waals surface area contributed by atoms with Crippen molar-refractivity contribution in [3.8, 4) is 0 Å². The number of nitrogens with zero attached hydrogens (tertiary/aromatic N) is 3. The summed E-state index contributed by atoms with van der Waals surface area (Å²) in [7, 11) is 0. The minimum Gasteiger partial charge on any atom is -0.379 e. The number of carbonyl (C=O) groups excluding carboxylic acids is 1. The van der Waals surface area contributed by atoms with Gasteiger partial charge in [-0.15, -0.1) is 0 Å². The Morgan fingerprint density at radius 3 is 2.57 bits per heavy atom. The van der Waals surface area contributed by atoms with E-state index in [0.29, 0.717) is 35.6 Å². The molecule has 1 fully saturated rings. The van der Waals surface area contributed by atoms with Crippen LogP contribution in [0.2, 0.25) is 0 Å². The van der Waals surface area contributed by atoms with Crippen LogP contribution in [-0.4, -0.2) is 47.0 Å². The largest absolute Gasteiger partial charge is 0.379 e. The second-order valence-corrected chi connectivity index (χ2v) is 10.0. The lowest BCUT2D eigenvalue weighted by molar-refractivity contribution is -0.113. The van der Waals surface area contributed by atoms with Crippen molar-refractivity contribution in [2.24, 2.45) is 0 Å². The van der Waals surface area contributed by atoms with Gasteiger partial charge in [0.1, 0.15) is 0 Å². The van der Waals surface area contributed by atoms with Crippen molar-refractivity contribution in [3.05, 3.63) is 58.9 Å². The molecule has 0 bridgehead atoms. The molecule has 0 atom stereocenters. The number of fused-ring (bicyclic) bond motifs is 1. The fourth-order valence-corrected chi connectivity index (χ4v) is 5.06. The highest BCUT2D eigenvalue weighted by Crippen LogP contribution is 2.23. The molecule has 186 valence electrons. The van der Waals surface area contributed by atoms with Gasteiger partial charge in [-0.3, -0.25) is 14.2 Å². The summed E-state index contributed by atoms with van der Waals surface area (Å²) in [6.07, 6.45) is 4.60. The topological polar surface area (TPSA) is 76.5 Å². The third kappa shape index (κ3) is 6.86. The standard InChI is InChI=1S/C27H34N4O3S/c1-20(2)34-18-8-17-31-26(33)23-9-4-5-10-24(23)29-27(31)35-19-25(32)28-21-11-13-22(14-12-21)30-15-6-3-7-16-30/h4-5,9-14,20H,3,6-8,15-19H2,1-2H3,(H,28,32). The predicted molar refractivity (Wildman–Crippen MR) is 144 cm³/mol. The summed E-state index contributed by atoms with van der Waals surface area (Å²) in [6.45, 7) is 7.22. The highest BCUT2D eigenvalue weighted by atomic mass is 32.2. The van der Waals surface area contributed by atoms with Gasteiger partial charge in [0.15, 0.2) is 5.16 Å². The van der Waals surface area contributed by atoms with Gasteiger partial charge < -0.3 is 15.0 Å². The number of para-hydroxylation sites is 1. The van der Waals surface area contributed by atoms with Crippen LogP contribution >= 0.6 is 11.8 Å². The number of thioether (sulfide) groups is 1. The van der Waals surface area contributed by atoms with E-state index >= 15 is 0 Å². The van der Waals surface area contributed by atoms with Gasteiger partial charge in [0.25, 0.3) is 5.56 Å². The summed E-state index contributed by atoms with van der Waals surface area (Å²) in [6, 6.07) is 15.4. The Morgan fingerprint density at radius 2 is 1.83 bits per heavy atom. The number of amides is 1. The summed E-state index contributed by atoms with van der Waals surface area (Å²) >= 11 is 1.28. The molecule has 3 aromatic rings. The van der Waals surface area contributed by atoms with Crippen molar-refractivity contribution >= 4 is 39.9 Å². The first kappa shape index (κ1) is 25.3. The molecule has 0 spiro atoms. The predicted octanol–water partition coefficient (Wildman–Crippen LogP) is 4.93. The third-order valence-corrected chi connectivity index (χ3v) is 6.98. The van der Waals surface area contributed by atoms with Crippen LogP contribution in [0.5, 0.6) is 0 Å². The minimum absolute atomic E-state index is 0.0867. The number of piperidine rings is 1. The molecule has 1 aliphatic heterocycles. The van der Waals surface area contributed by atoms with Gasteiger partial charge in [0, 0.05) is 37.6 Å². The fourth-order valence-electron chi connectivity index (χ4n) is 4.23. The summed E-state index contributed by atoms with van der Waals surface area (Å²) in [5.74, 6) is 0.0408. The van der Waals surface area contributed by atoms with Gasteiger partial charge in [-0.1, -0.05) is 23.9 Å². The number of nitrogens with one attached hydrogen (secondary N) is 1. The van der Waals surface area contributed by atoms with Crippen molar-refractivity contribution in [1.29, 1.82) is 0 Å². The Kier molecular flexibility index (Phi) is 8.82. The molecule has 2 aromatic carbocycles. The van der Waals surface area contributed by atoms with E-state index in [-0.39, 0.29) is 23.3 Å². The normalized spacial score (nSPS) is 14.0. The number of anilines is 2. The number of carbonyl (C=O) groups is 1. The molecule has 8 heteroatoms. The van der Waals surface area contributed by atoms with Crippen molar-refractivity contribution in [2.75, 3.05) is 35.7 Å². The number of benzene rings is 2. The SMILES string of the molecule is CC(C)OCCCn1c(SCC(=O)Nc2ccc(N3CCCCC3)cc2)nc2ccccc2c1=O. The maximum atomic E-state index is 13.1. The van der Waals surface area contributed by atoms with Gasteiger partial charge in [0.2, 0.25) is 5.91 Å². The van der Waals surface area contributed by atoms with E-state index in [1.54, 1.807) is 10.6 Å². The third-order valence-electron chi connectivity index (χ3n) is 6.01. The molecule has 35 heavy (non-hydrogen) atoms. The van der Waals surface area contributed by atoms with Crippen LogP contribution < -0.4 is 15.8 Å². The lowest BCUT2D eigenvalue weighted by Gasteiger charge is -2.28. The zero-order valence-electron chi connectivity index (χ0n) is 20.5. The number of ether oxygens (including phenoxy) is 1. The van der Waals surface area contributed by atoms with Crippen LogP contribution in [0.15, 0.2) is 58.5 Å².